The second-order valence-electron chi connectivity index (χ2n) is 7.72. The van der Waals surface area contributed by atoms with Gasteiger partial charge in [0.1, 0.15) is 0 Å². The van der Waals surface area contributed by atoms with Crippen LogP contribution in [0.4, 0.5) is 5.69 Å². The van der Waals surface area contributed by atoms with Crippen LogP contribution in [-0.2, 0) is 19.5 Å². The summed E-state index contributed by atoms with van der Waals surface area (Å²) in [5.74, 6) is 0.849. The molecule has 132 valence electrons. The molecule has 2 aliphatic heterocycles. The highest BCUT2D eigenvalue weighted by Gasteiger charge is 2.23. The fourth-order valence-electron chi connectivity index (χ4n) is 4.35. The molecule has 3 nitrogen and oxygen atoms in total. The number of piperidine rings is 1. The molecular formula is C22H29N3. The maximum Gasteiger partial charge on any atom is 0.0317 e. The van der Waals surface area contributed by atoms with Crippen LogP contribution in [0.5, 0.6) is 0 Å². The highest BCUT2D eigenvalue weighted by Crippen LogP contribution is 2.24. The third-order valence-corrected chi connectivity index (χ3v) is 5.79. The Balaban J connectivity index is 1.25. The molecule has 2 aromatic carbocycles. The van der Waals surface area contributed by atoms with Gasteiger partial charge in [0.25, 0.3) is 0 Å². The molecule has 0 radical (unpaired) electrons. The minimum atomic E-state index is 0.849. The van der Waals surface area contributed by atoms with Crippen LogP contribution >= 0.6 is 0 Å². The minimum Gasteiger partial charge on any atom is -0.399 e. The highest BCUT2D eigenvalue weighted by molar-refractivity contribution is 5.40. The van der Waals surface area contributed by atoms with Crippen LogP contribution in [0.15, 0.2) is 48.5 Å². The second kappa shape index (κ2) is 7.59. The lowest BCUT2D eigenvalue weighted by atomic mass is 9.93. The molecule has 0 amide bonds. The number of hydrogen-bond donors (Lipinski definition) is 1. The van der Waals surface area contributed by atoms with Crippen molar-refractivity contribution in [1.29, 1.82) is 0 Å². The van der Waals surface area contributed by atoms with Crippen molar-refractivity contribution in [2.75, 3.05) is 31.9 Å². The first-order valence-electron chi connectivity index (χ1n) is 9.62. The molecule has 2 aromatic rings. The summed E-state index contributed by atoms with van der Waals surface area (Å²) in [6.07, 6.45) is 3.85. The van der Waals surface area contributed by atoms with E-state index in [2.05, 4.69) is 52.3 Å². The SMILES string of the molecule is Nc1cccc(CN2CCC(CN3CCc4ccccc4C3)CC2)c1. The van der Waals surface area contributed by atoms with Gasteiger partial charge in [-0.15, -0.1) is 0 Å². The van der Waals surface area contributed by atoms with Gasteiger partial charge in [-0.3, -0.25) is 9.80 Å². The Morgan fingerprint density at radius 2 is 1.68 bits per heavy atom. The second-order valence-corrected chi connectivity index (χ2v) is 7.72. The van der Waals surface area contributed by atoms with Crippen molar-refractivity contribution >= 4 is 5.69 Å². The molecule has 2 N–H and O–H groups in total. The summed E-state index contributed by atoms with van der Waals surface area (Å²) in [4.78, 5) is 5.25. The summed E-state index contributed by atoms with van der Waals surface area (Å²) in [7, 11) is 0. The van der Waals surface area contributed by atoms with E-state index in [9.17, 15) is 0 Å². The van der Waals surface area contributed by atoms with Gasteiger partial charge < -0.3 is 5.73 Å². The summed E-state index contributed by atoms with van der Waals surface area (Å²) in [5.41, 5.74) is 11.2. The van der Waals surface area contributed by atoms with Gasteiger partial charge in [-0.2, -0.15) is 0 Å². The van der Waals surface area contributed by atoms with Crippen LogP contribution in [0.3, 0.4) is 0 Å². The van der Waals surface area contributed by atoms with Gasteiger partial charge >= 0.3 is 0 Å². The van der Waals surface area contributed by atoms with Gasteiger partial charge in [-0.25, -0.2) is 0 Å². The molecule has 0 saturated carbocycles. The third-order valence-electron chi connectivity index (χ3n) is 5.79. The molecule has 3 heteroatoms. The largest absolute Gasteiger partial charge is 0.399 e. The lowest BCUT2D eigenvalue weighted by Gasteiger charge is -2.36. The molecule has 2 heterocycles. The van der Waals surface area contributed by atoms with Crippen LogP contribution in [-0.4, -0.2) is 36.0 Å². The molecule has 1 saturated heterocycles. The fourth-order valence-corrected chi connectivity index (χ4v) is 4.35. The van der Waals surface area contributed by atoms with Crippen LogP contribution in [0.25, 0.3) is 0 Å². The average molecular weight is 335 g/mol. The first kappa shape index (κ1) is 16.6. The fraction of sp³-hybridized carbons (Fsp3) is 0.455. The van der Waals surface area contributed by atoms with E-state index in [0.29, 0.717) is 0 Å². The number of nitrogens with zero attached hydrogens (tertiary/aromatic N) is 2. The lowest BCUT2D eigenvalue weighted by Crippen LogP contribution is -2.40. The Bertz CT molecular complexity index is 704. The molecular weight excluding hydrogens is 306 g/mol. The number of fused-ring (bicyclic) bond motifs is 1. The molecule has 2 aliphatic rings. The standard InChI is InChI=1S/C22H29N3/c23-22-7-3-4-19(14-22)16-24-11-8-18(9-12-24)15-25-13-10-20-5-1-2-6-21(20)17-25/h1-7,14,18H,8-13,15-17,23H2. The van der Waals surface area contributed by atoms with Gasteiger partial charge in [0.15, 0.2) is 0 Å². The van der Waals surface area contributed by atoms with E-state index in [0.717, 1.165) is 24.7 Å². The number of rotatable bonds is 4. The van der Waals surface area contributed by atoms with E-state index >= 15 is 0 Å². The Morgan fingerprint density at radius 1 is 0.880 bits per heavy atom. The minimum absolute atomic E-state index is 0.849. The van der Waals surface area contributed by atoms with Gasteiger partial charge in [-0.05, 0) is 67.1 Å². The van der Waals surface area contributed by atoms with Crippen molar-refractivity contribution in [3.63, 3.8) is 0 Å². The normalized spacial score (nSPS) is 19.7. The molecule has 0 atom stereocenters. The predicted molar refractivity (Wildman–Crippen MR) is 104 cm³/mol. The van der Waals surface area contributed by atoms with Crippen LogP contribution < -0.4 is 5.73 Å². The van der Waals surface area contributed by atoms with Gasteiger partial charge in [-0.1, -0.05) is 36.4 Å². The summed E-state index contributed by atoms with van der Waals surface area (Å²) in [6, 6.07) is 17.3. The topological polar surface area (TPSA) is 32.5 Å². The zero-order chi connectivity index (χ0) is 17.1. The van der Waals surface area contributed by atoms with Gasteiger partial charge in [0.05, 0.1) is 0 Å². The average Bonchev–Trinajstić information content (AvgIpc) is 2.63. The third kappa shape index (κ3) is 4.23. The van der Waals surface area contributed by atoms with E-state index in [4.69, 9.17) is 5.73 Å². The molecule has 0 aromatic heterocycles. The number of hydrogen-bond acceptors (Lipinski definition) is 3. The summed E-state index contributed by atoms with van der Waals surface area (Å²) in [5, 5.41) is 0. The Kier molecular flexibility index (Phi) is 5.04. The lowest BCUT2D eigenvalue weighted by molar-refractivity contribution is 0.132. The number of anilines is 1. The van der Waals surface area contributed by atoms with E-state index < -0.39 is 0 Å². The molecule has 4 rings (SSSR count). The van der Waals surface area contributed by atoms with Crippen LogP contribution in [0.1, 0.15) is 29.5 Å². The number of nitrogens with two attached hydrogens (primary N) is 1. The van der Waals surface area contributed by atoms with Gasteiger partial charge in [0.2, 0.25) is 0 Å². The van der Waals surface area contributed by atoms with Crippen molar-refractivity contribution in [3.05, 3.63) is 65.2 Å². The van der Waals surface area contributed by atoms with Crippen molar-refractivity contribution < 1.29 is 0 Å². The zero-order valence-corrected chi connectivity index (χ0v) is 15.0. The molecule has 0 aliphatic carbocycles. The van der Waals surface area contributed by atoms with Crippen molar-refractivity contribution in [1.82, 2.24) is 9.80 Å². The van der Waals surface area contributed by atoms with Crippen molar-refractivity contribution in [2.45, 2.75) is 32.4 Å². The zero-order valence-electron chi connectivity index (χ0n) is 15.0. The first-order valence-corrected chi connectivity index (χ1v) is 9.62. The van der Waals surface area contributed by atoms with Crippen molar-refractivity contribution in [3.8, 4) is 0 Å². The maximum absolute atomic E-state index is 5.90. The molecule has 0 spiro atoms. The summed E-state index contributed by atoms with van der Waals surface area (Å²) < 4.78 is 0. The number of benzene rings is 2. The van der Waals surface area contributed by atoms with E-state index in [1.807, 2.05) is 6.07 Å². The smallest absolute Gasteiger partial charge is 0.0317 e. The predicted octanol–water partition coefficient (Wildman–Crippen LogP) is 3.54. The number of nitrogen functional groups attached to an aromatic ring is 1. The molecule has 0 bridgehead atoms. The van der Waals surface area contributed by atoms with Crippen LogP contribution in [0, 0.1) is 5.92 Å². The quantitative estimate of drug-likeness (QED) is 0.868. The highest BCUT2D eigenvalue weighted by atomic mass is 15.2. The monoisotopic (exact) mass is 335 g/mol. The Labute approximate surface area is 151 Å². The first-order chi connectivity index (χ1) is 12.3. The van der Waals surface area contributed by atoms with Crippen molar-refractivity contribution in [2.24, 2.45) is 5.92 Å². The molecule has 1 fully saturated rings. The number of likely N-dealkylation sites (tertiary alicyclic amines) is 1. The van der Waals surface area contributed by atoms with E-state index in [1.165, 1.54) is 56.6 Å². The Morgan fingerprint density at radius 3 is 2.48 bits per heavy atom. The van der Waals surface area contributed by atoms with E-state index in [1.54, 1.807) is 5.56 Å². The van der Waals surface area contributed by atoms with Crippen LogP contribution in [0.2, 0.25) is 0 Å². The van der Waals surface area contributed by atoms with Gasteiger partial charge in [0, 0.05) is 31.9 Å². The van der Waals surface area contributed by atoms with E-state index in [-0.39, 0.29) is 0 Å². The summed E-state index contributed by atoms with van der Waals surface area (Å²) in [6.45, 7) is 7.09. The molecule has 25 heavy (non-hydrogen) atoms. The summed E-state index contributed by atoms with van der Waals surface area (Å²) >= 11 is 0. The Hall–Kier alpha value is -1.84. The molecule has 0 unspecified atom stereocenters. The maximum atomic E-state index is 5.90.